The van der Waals surface area contributed by atoms with Crippen molar-refractivity contribution in [3.63, 3.8) is 0 Å². The number of hydrogen-bond donors (Lipinski definition) is 3. The fourth-order valence-electron chi connectivity index (χ4n) is 0.439. The normalized spacial score (nSPS) is 11.9. The fourth-order valence-corrected chi connectivity index (χ4v) is 0.439. The van der Waals surface area contributed by atoms with E-state index < -0.39 is 11.9 Å². The summed E-state index contributed by atoms with van der Waals surface area (Å²) in [6.07, 6.45) is 0. The molecular weight excluding hydrogens is 148 g/mol. The van der Waals surface area contributed by atoms with Gasteiger partial charge in [-0.3, -0.25) is 10.2 Å². The summed E-state index contributed by atoms with van der Waals surface area (Å²) in [5, 5.41) is 8.42. The lowest BCUT2D eigenvalue weighted by Crippen LogP contribution is -2.31. The summed E-state index contributed by atoms with van der Waals surface area (Å²) in [6, 6.07) is 0. The number of carboxylic acid groups (broad SMARTS) is 1. The van der Waals surface area contributed by atoms with Crippen LogP contribution in [0.1, 0.15) is 13.8 Å². The maximum atomic E-state index is 10.7. The first-order chi connectivity index (χ1) is 5.00. The van der Waals surface area contributed by atoms with Gasteiger partial charge in [-0.15, -0.1) is 0 Å². The number of carboxylic acids is 1. The van der Waals surface area contributed by atoms with Gasteiger partial charge in [0, 0.05) is 11.1 Å². The molecule has 0 atom stereocenters. The molecule has 62 valence electrons. The Bertz CT molecular complexity index is 220. The van der Waals surface area contributed by atoms with Crippen LogP contribution in [-0.4, -0.2) is 17.0 Å². The van der Waals surface area contributed by atoms with Crippen LogP contribution in [0.3, 0.4) is 0 Å². The van der Waals surface area contributed by atoms with E-state index in [2.05, 4.69) is 0 Å². The Morgan fingerprint density at radius 2 is 1.73 bits per heavy atom. The van der Waals surface area contributed by atoms with Gasteiger partial charge in [0.2, 0.25) is 0 Å². The Kier molecular flexibility index (Phi) is 3.26. The molecule has 0 saturated heterocycles. The number of hydrogen-bond acceptors (Lipinski definition) is 3. The summed E-state index contributed by atoms with van der Waals surface area (Å²) >= 11 is 0. The first-order valence-corrected chi connectivity index (χ1v) is 2.92. The van der Waals surface area contributed by atoms with E-state index in [0.29, 0.717) is 0 Å². The maximum absolute atomic E-state index is 10.7. The summed E-state index contributed by atoms with van der Waals surface area (Å²) in [5.41, 5.74) is 1.94. The van der Waals surface area contributed by atoms with Crippen LogP contribution in [0.15, 0.2) is 11.1 Å². The summed E-state index contributed by atoms with van der Waals surface area (Å²) < 4.78 is 0. The molecule has 0 aromatic heterocycles. The van der Waals surface area contributed by atoms with E-state index in [9.17, 15) is 9.59 Å². The Morgan fingerprint density at radius 1 is 1.27 bits per heavy atom. The van der Waals surface area contributed by atoms with E-state index >= 15 is 0 Å². The molecule has 0 aromatic carbocycles. The molecule has 11 heavy (non-hydrogen) atoms. The average molecular weight is 158 g/mol. The molecule has 0 aromatic rings. The highest BCUT2D eigenvalue weighted by Gasteiger charge is 2.10. The van der Waals surface area contributed by atoms with Crippen LogP contribution in [0.2, 0.25) is 0 Å². The van der Waals surface area contributed by atoms with Crippen molar-refractivity contribution in [2.75, 3.05) is 0 Å². The lowest BCUT2D eigenvalue weighted by atomic mass is 10.1. The minimum absolute atomic E-state index is 0.00653. The van der Waals surface area contributed by atoms with Crippen LogP contribution in [0.4, 0.5) is 0 Å². The van der Waals surface area contributed by atoms with E-state index in [0.717, 1.165) is 0 Å². The maximum Gasteiger partial charge on any atom is 0.331 e. The molecule has 0 aliphatic carbocycles. The number of amides is 1. The second-order valence-corrected chi connectivity index (χ2v) is 2.03. The van der Waals surface area contributed by atoms with Crippen molar-refractivity contribution >= 4 is 11.9 Å². The highest BCUT2D eigenvalue weighted by molar-refractivity contribution is 6.01. The van der Waals surface area contributed by atoms with Crippen molar-refractivity contribution in [1.29, 1.82) is 0 Å². The van der Waals surface area contributed by atoms with Crippen LogP contribution >= 0.6 is 0 Å². The van der Waals surface area contributed by atoms with Crippen LogP contribution < -0.4 is 11.3 Å². The van der Waals surface area contributed by atoms with E-state index in [1.54, 1.807) is 0 Å². The lowest BCUT2D eigenvalue weighted by molar-refractivity contribution is -0.133. The number of nitrogens with one attached hydrogen (secondary N) is 1. The second-order valence-electron chi connectivity index (χ2n) is 2.03. The number of hydrazine groups is 1. The third-order valence-electron chi connectivity index (χ3n) is 1.35. The van der Waals surface area contributed by atoms with Crippen molar-refractivity contribution in [2.24, 2.45) is 5.84 Å². The highest BCUT2D eigenvalue weighted by atomic mass is 16.4. The number of rotatable bonds is 2. The molecule has 5 heteroatoms. The lowest BCUT2D eigenvalue weighted by Gasteiger charge is -2.00. The number of aliphatic carboxylic acids is 1. The molecule has 0 heterocycles. The van der Waals surface area contributed by atoms with Crippen molar-refractivity contribution < 1.29 is 14.7 Å². The van der Waals surface area contributed by atoms with Gasteiger partial charge < -0.3 is 5.11 Å². The van der Waals surface area contributed by atoms with Crippen molar-refractivity contribution in [1.82, 2.24) is 5.43 Å². The Morgan fingerprint density at radius 3 is 2.00 bits per heavy atom. The topological polar surface area (TPSA) is 92.4 Å². The van der Waals surface area contributed by atoms with Crippen LogP contribution in [0.5, 0.6) is 0 Å². The zero-order chi connectivity index (χ0) is 9.02. The molecule has 0 spiro atoms. The molecule has 0 saturated carbocycles. The van der Waals surface area contributed by atoms with Gasteiger partial charge in [0.15, 0.2) is 0 Å². The Labute approximate surface area is 63.9 Å². The molecule has 0 aliphatic heterocycles. The number of nitrogens with two attached hydrogens (primary N) is 1. The van der Waals surface area contributed by atoms with Crippen molar-refractivity contribution in [3.05, 3.63) is 11.1 Å². The molecule has 0 rings (SSSR count). The molecular formula is C6H10N2O3. The SMILES string of the molecule is C/C(C(=O)O)=C(\C)C(=O)NN. The summed E-state index contributed by atoms with van der Waals surface area (Å²) in [5.74, 6) is 3.09. The van der Waals surface area contributed by atoms with Crippen molar-refractivity contribution in [3.8, 4) is 0 Å². The van der Waals surface area contributed by atoms with Crippen LogP contribution in [0, 0.1) is 0 Å². The van der Waals surface area contributed by atoms with Gasteiger partial charge in [0.1, 0.15) is 0 Å². The van der Waals surface area contributed by atoms with Gasteiger partial charge in [-0.25, -0.2) is 10.6 Å². The predicted molar refractivity (Wildman–Crippen MR) is 38.3 cm³/mol. The minimum atomic E-state index is -1.12. The van der Waals surface area contributed by atoms with Gasteiger partial charge in [-0.1, -0.05) is 0 Å². The standard InChI is InChI=1S/C6H10N2O3/c1-3(5(9)8-7)4(2)6(10)11/h7H2,1-2H3,(H,8,9)(H,10,11)/b4-3-. The minimum Gasteiger partial charge on any atom is -0.478 e. The molecule has 5 nitrogen and oxygen atoms in total. The molecule has 0 unspecified atom stereocenters. The second kappa shape index (κ2) is 3.72. The fraction of sp³-hybridized carbons (Fsp3) is 0.333. The van der Waals surface area contributed by atoms with Gasteiger partial charge >= 0.3 is 5.97 Å². The number of carbonyl (C=O) groups excluding carboxylic acids is 1. The van der Waals surface area contributed by atoms with Gasteiger partial charge in [-0.2, -0.15) is 0 Å². The van der Waals surface area contributed by atoms with E-state index in [4.69, 9.17) is 10.9 Å². The van der Waals surface area contributed by atoms with Crippen molar-refractivity contribution in [2.45, 2.75) is 13.8 Å². The quantitative estimate of drug-likeness (QED) is 0.216. The largest absolute Gasteiger partial charge is 0.478 e. The van der Waals surface area contributed by atoms with E-state index in [1.807, 2.05) is 5.43 Å². The highest BCUT2D eigenvalue weighted by Crippen LogP contribution is 2.02. The zero-order valence-corrected chi connectivity index (χ0v) is 6.34. The first-order valence-electron chi connectivity index (χ1n) is 2.92. The molecule has 4 N–H and O–H groups in total. The van der Waals surface area contributed by atoms with Crippen LogP contribution in [0.25, 0.3) is 0 Å². The van der Waals surface area contributed by atoms with Gasteiger partial charge in [-0.05, 0) is 13.8 Å². The molecule has 0 fully saturated rings. The third kappa shape index (κ3) is 2.38. The molecule has 0 radical (unpaired) electrons. The Hall–Kier alpha value is -1.36. The van der Waals surface area contributed by atoms with E-state index in [-0.39, 0.29) is 11.1 Å². The van der Waals surface area contributed by atoms with Crippen LogP contribution in [-0.2, 0) is 9.59 Å². The molecule has 0 bridgehead atoms. The summed E-state index contributed by atoms with van der Waals surface area (Å²) in [6.45, 7) is 2.73. The average Bonchev–Trinajstić information content (AvgIpc) is 2.00. The van der Waals surface area contributed by atoms with Gasteiger partial charge in [0.05, 0.1) is 0 Å². The molecule has 0 aliphatic rings. The van der Waals surface area contributed by atoms with E-state index in [1.165, 1.54) is 13.8 Å². The monoisotopic (exact) mass is 158 g/mol. The summed E-state index contributed by atoms with van der Waals surface area (Å²) in [7, 11) is 0. The summed E-state index contributed by atoms with van der Waals surface area (Å²) in [4.78, 5) is 21.0. The Balaban J connectivity index is 4.66. The smallest absolute Gasteiger partial charge is 0.331 e. The first kappa shape index (κ1) is 9.64. The predicted octanol–water partition coefficient (Wildman–Crippen LogP) is -0.603. The zero-order valence-electron chi connectivity index (χ0n) is 6.34. The van der Waals surface area contributed by atoms with Gasteiger partial charge in [0.25, 0.3) is 5.91 Å². The third-order valence-corrected chi connectivity index (χ3v) is 1.35. The number of carbonyl (C=O) groups is 2. The molecule has 1 amide bonds.